The van der Waals surface area contributed by atoms with E-state index in [1.54, 1.807) is 34.1 Å². The van der Waals surface area contributed by atoms with Crippen LogP contribution in [0.25, 0.3) is 10.9 Å². The van der Waals surface area contributed by atoms with Gasteiger partial charge in [0.1, 0.15) is 0 Å². The number of fused-ring (bicyclic) bond motifs is 1. The van der Waals surface area contributed by atoms with E-state index in [-0.39, 0.29) is 23.3 Å². The van der Waals surface area contributed by atoms with Crippen molar-refractivity contribution in [3.63, 3.8) is 0 Å². The lowest BCUT2D eigenvalue weighted by Gasteiger charge is -2.16. The molecule has 0 aliphatic carbocycles. The van der Waals surface area contributed by atoms with Gasteiger partial charge in [0.25, 0.3) is 5.56 Å². The molecule has 1 N–H and O–H groups in total. The number of halogens is 1. The molecule has 3 heterocycles. The number of aromatic nitrogens is 2. The summed E-state index contributed by atoms with van der Waals surface area (Å²) in [5.74, 6) is 0.0718. The monoisotopic (exact) mass is 449 g/mol. The van der Waals surface area contributed by atoms with Crippen molar-refractivity contribution in [2.45, 2.75) is 37.2 Å². The second-order valence-corrected chi connectivity index (χ2v) is 9.16. The molecule has 1 unspecified atom stereocenters. The molecule has 0 bridgehead atoms. The first-order valence-electron chi connectivity index (χ1n) is 9.34. The van der Waals surface area contributed by atoms with Gasteiger partial charge in [-0.15, -0.1) is 11.3 Å². The fourth-order valence-corrected chi connectivity index (χ4v) is 4.87. The van der Waals surface area contributed by atoms with Crippen LogP contribution in [0, 0.1) is 0 Å². The van der Waals surface area contributed by atoms with Crippen LogP contribution < -0.4 is 10.9 Å². The summed E-state index contributed by atoms with van der Waals surface area (Å²) < 4.78 is 7.34. The summed E-state index contributed by atoms with van der Waals surface area (Å²) in [7, 11) is 0. The van der Waals surface area contributed by atoms with E-state index in [4.69, 9.17) is 16.3 Å². The zero-order valence-corrected chi connectivity index (χ0v) is 18.0. The lowest BCUT2D eigenvalue weighted by Crippen LogP contribution is -2.30. The molecule has 0 radical (unpaired) electrons. The number of carbonyl (C=O) groups excluding carboxylic acids is 1. The molecule has 1 saturated heterocycles. The molecule has 1 aliphatic heterocycles. The smallest absolute Gasteiger partial charge is 0.262 e. The van der Waals surface area contributed by atoms with Gasteiger partial charge in [0, 0.05) is 16.5 Å². The van der Waals surface area contributed by atoms with Crippen molar-refractivity contribution in [2.75, 3.05) is 12.4 Å². The maximum absolute atomic E-state index is 13.1. The minimum absolute atomic E-state index is 0.00810. The topological polar surface area (TPSA) is 73.2 Å². The van der Waals surface area contributed by atoms with Crippen LogP contribution in [0.15, 0.2) is 45.7 Å². The van der Waals surface area contributed by atoms with Gasteiger partial charge >= 0.3 is 0 Å². The van der Waals surface area contributed by atoms with Crippen LogP contribution in [-0.4, -0.2) is 33.9 Å². The standard InChI is InChI=1S/C20H20ClN3O3S2/c21-13-5-6-16-17(9-13)23-20(24(19(16)26)11-14-3-1-7-27-14)29-12-18(25)22-10-15-4-2-8-28-15/h2,4-6,8-9,14H,1,3,7,10-12H2,(H,22,25). The van der Waals surface area contributed by atoms with Gasteiger partial charge in [-0.25, -0.2) is 4.98 Å². The molecule has 1 atom stereocenters. The molecule has 152 valence electrons. The second-order valence-electron chi connectivity index (χ2n) is 6.75. The molecule has 0 saturated carbocycles. The van der Waals surface area contributed by atoms with Crippen molar-refractivity contribution in [1.29, 1.82) is 0 Å². The van der Waals surface area contributed by atoms with Crippen molar-refractivity contribution < 1.29 is 9.53 Å². The Morgan fingerprint density at radius 2 is 2.31 bits per heavy atom. The molecule has 1 aromatic carbocycles. The van der Waals surface area contributed by atoms with E-state index in [2.05, 4.69) is 10.3 Å². The minimum atomic E-state index is -0.135. The van der Waals surface area contributed by atoms with Gasteiger partial charge in [-0.2, -0.15) is 0 Å². The summed E-state index contributed by atoms with van der Waals surface area (Å²) in [6.45, 7) is 1.65. The molecule has 29 heavy (non-hydrogen) atoms. The summed E-state index contributed by atoms with van der Waals surface area (Å²) in [6.07, 6.45) is 1.89. The van der Waals surface area contributed by atoms with Crippen molar-refractivity contribution in [3.8, 4) is 0 Å². The fraction of sp³-hybridized carbons (Fsp3) is 0.350. The van der Waals surface area contributed by atoms with E-state index in [0.717, 1.165) is 17.7 Å². The SMILES string of the molecule is O=C(CSc1nc2cc(Cl)ccc2c(=O)n1CC1CCCO1)NCc1cccs1. The van der Waals surface area contributed by atoms with E-state index in [0.29, 0.717) is 40.8 Å². The van der Waals surface area contributed by atoms with Crippen LogP contribution in [0.4, 0.5) is 0 Å². The van der Waals surface area contributed by atoms with Gasteiger partial charge in [-0.3, -0.25) is 14.2 Å². The molecular formula is C20H20ClN3O3S2. The largest absolute Gasteiger partial charge is 0.376 e. The van der Waals surface area contributed by atoms with Gasteiger partial charge in [-0.05, 0) is 42.5 Å². The van der Waals surface area contributed by atoms with Gasteiger partial charge in [0.15, 0.2) is 5.16 Å². The highest BCUT2D eigenvalue weighted by molar-refractivity contribution is 7.99. The third-order valence-electron chi connectivity index (χ3n) is 4.66. The van der Waals surface area contributed by atoms with E-state index in [1.165, 1.54) is 11.8 Å². The molecule has 6 nitrogen and oxygen atoms in total. The van der Waals surface area contributed by atoms with Crippen molar-refractivity contribution in [2.24, 2.45) is 0 Å². The molecule has 9 heteroatoms. The third-order valence-corrected chi connectivity index (χ3v) is 6.75. The highest BCUT2D eigenvalue weighted by Crippen LogP contribution is 2.22. The van der Waals surface area contributed by atoms with Crippen LogP contribution in [-0.2, 0) is 22.6 Å². The molecule has 2 aromatic heterocycles. The Morgan fingerprint density at radius 1 is 1.41 bits per heavy atom. The average Bonchev–Trinajstić information content (AvgIpc) is 3.41. The molecule has 0 spiro atoms. The van der Waals surface area contributed by atoms with Gasteiger partial charge in [0.05, 0.1) is 35.8 Å². The number of thioether (sulfide) groups is 1. The zero-order valence-electron chi connectivity index (χ0n) is 15.6. The minimum Gasteiger partial charge on any atom is -0.376 e. The van der Waals surface area contributed by atoms with Gasteiger partial charge in [-0.1, -0.05) is 29.4 Å². The second kappa shape index (κ2) is 9.30. The predicted molar refractivity (Wildman–Crippen MR) is 117 cm³/mol. The number of rotatable bonds is 7. The zero-order chi connectivity index (χ0) is 20.2. The third kappa shape index (κ3) is 5.01. The molecule has 1 fully saturated rings. The normalized spacial score (nSPS) is 16.4. The lowest BCUT2D eigenvalue weighted by atomic mass is 10.2. The summed E-state index contributed by atoms with van der Waals surface area (Å²) in [5, 5.41) is 6.41. The Balaban J connectivity index is 1.55. The highest BCUT2D eigenvalue weighted by atomic mass is 35.5. The van der Waals surface area contributed by atoms with Crippen LogP contribution >= 0.6 is 34.7 Å². The molecule has 4 rings (SSSR count). The lowest BCUT2D eigenvalue weighted by molar-refractivity contribution is -0.118. The number of thiophene rings is 1. The first kappa shape index (κ1) is 20.4. The number of ether oxygens (including phenoxy) is 1. The van der Waals surface area contributed by atoms with Crippen LogP contribution in [0.5, 0.6) is 0 Å². The Bertz CT molecular complexity index is 1060. The summed E-state index contributed by atoms with van der Waals surface area (Å²) in [4.78, 5) is 31.1. The number of carbonyl (C=O) groups is 1. The van der Waals surface area contributed by atoms with E-state index in [1.807, 2.05) is 17.5 Å². The van der Waals surface area contributed by atoms with Gasteiger partial charge < -0.3 is 10.1 Å². The van der Waals surface area contributed by atoms with Gasteiger partial charge in [0.2, 0.25) is 5.91 Å². The average molecular weight is 450 g/mol. The number of hydrogen-bond donors (Lipinski definition) is 1. The maximum atomic E-state index is 13.1. The predicted octanol–water partition coefficient (Wildman–Crippen LogP) is 3.70. The quantitative estimate of drug-likeness (QED) is 0.439. The van der Waals surface area contributed by atoms with Crippen molar-refractivity contribution >= 4 is 51.5 Å². The van der Waals surface area contributed by atoms with Crippen molar-refractivity contribution in [3.05, 3.63) is 56.0 Å². The molecule has 3 aromatic rings. The van der Waals surface area contributed by atoms with E-state index in [9.17, 15) is 9.59 Å². The summed E-state index contributed by atoms with van der Waals surface area (Å²) in [6, 6.07) is 8.99. The number of benzene rings is 1. The number of nitrogens with one attached hydrogen (secondary N) is 1. The number of amides is 1. The van der Waals surface area contributed by atoms with E-state index < -0.39 is 0 Å². The Labute approximate surface area is 181 Å². The summed E-state index contributed by atoms with van der Waals surface area (Å²) in [5.41, 5.74) is 0.399. The Morgan fingerprint density at radius 3 is 3.07 bits per heavy atom. The van der Waals surface area contributed by atoms with Crippen molar-refractivity contribution in [1.82, 2.24) is 14.9 Å². The number of hydrogen-bond acceptors (Lipinski definition) is 6. The fourth-order valence-electron chi connectivity index (χ4n) is 3.22. The maximum Gasteiger partial charge on any atom is 0.262 e. The van der Waals surface area contributed by atoms with Crippen LogP contribution in [0.2, 0.25) is 5.02 Å². The Kier molecular flexibility index (Phi) is 6.54. The number of nitrogens with zero attached hydrogens (tertiary/aromatic N) is 2. The first-order valence-corrected chi connectivity index (χ1v) is 11.6. The van der Waals surface area contributed by atoms with Crippen LogP contribution in [0.3, 0.4) is 0 Å². The van der Waals surface area contributed by atoms with E-state index >= 15 is 0 Å². The Hall–Kier alpha value is -1.87. The molecule has 1 amide bonds. The highest BCUT2D eigenvalue weighted by Gasteiger charge is 2.20. The first-order chi connectivity index (χ1) is 14.1. The van der Waals surface area contributed by atoms with Crippen LogP contribution in [0.1, 0.15) is 17.7 Å². The summed E-state index contributed by atoms with van der Waals surface area (Å²) >= 11 is 8.93. The molecular weight excluding hydrogens is 430 g/mol. The molecule has 1 aliphatic rings.